The number of non-ortho nitro benzene ring substituents is 1. The van der Waals surface area contributed by atoms with E-state index in [0.29, 0.717) is 11.3 Å². The highest BCUT2D eigenvalue weighted by atomic mass is 16.6. The van der Waals surface area contributed by atoms with Gasteiger partial charge in [-0.05, 0) is 42.8 Å². The summed E-state index contributed by atoms with van der Waals surface area (Å²) in [5.41, 5.74) is 1.63. The average Bonchev–Trinajstić information content (AvgIpc) is 2.56. The minimum Gasteiger partial charge on any atom is -0.463 e. The Kier molecular flexibility index (Phi) is 5.09. The number of carbonyl (C=O) groups is 1. The summed E-state index contributed by atoms with van der Waals surface area (Å²) in [5, 5.41) is 10.6. The van der Waals surface area contributed by atoms with Crippen LogP contribution in [0.15, 0.2) is 54.3 Å². The number of nitrogens with zero attached hydrogens (tertiary/aromatic N) is 1. The molecule has 0 aliphatic rings. The average molecular weight is 313 g/mol. The normalized spacial score (nSPS) is 11.0. The van der Waals surface area contributed by atoms with E-state index in [2.05, 4.69) is 0 Å². The van der Waals surface area contributed by atoms with Gasteiger partial charge in [-0.25, -0.2) is 4.79 Å². The second kappa shape index (κ2) is 7.22. The Hall–Kier alpha value is -3.15. The lowest BCUT2D eigenvalue weighted by molar-refractivity contribution is -0.384. The Bertz CT molecular complexity index is 733. The number of esters is 1. The lowest BCUT2D eigenvalue weighted by atomic mass is 10.2. The molecule has 0 unspecified atom stereocenters. The Morgan fingerprint density at radius 1 is 1.09 bits per heavy atom. The zero-order valence-corrected chi connectivity index (χ0v) is 12.7. The number of methoxy groups -OCH3 is 1. The van der Waals surface area contributed by atoms with E-state index in [-0.39, 0.29) is 11.4 Å². The molecule has 0 N–H and O–H groups in total. The van der Waals surface area contributed by atoms with Gasteiger partial charge in [-0.2, -0.15) is 0 Å². The van der Waals surface area contributed by atoms with Crippen LogP contribution < -0.4 is 4.74 Å². The van der Waals surface area contributed by atoms with Crippen LogP contribution in [0.25, 0.3) is 6.08 Å². The molecule has 2 aromatic carbocycles. The summed E-state index contributed by atoms with van der Waals surface area (Å²) in [5.74, 6) is -0.150. The molecule has 0 radical (unpaired) electrons. The van der Waals surface area contributed by atoms with Crippen molar-refractivity contribution < 1.29 is 19.2 Å². The van der Waals surface area contributed by atoms with Crippen LogP contribution in [-0.4, -0.2) is 18.0 Å². The van der Waals surface area contributed by atoms with Gasteiger partial charge in [0.1, 0.15) is 5.75 Å². The van der Waals surface area contributed by atoms with Crippen LogP contribution >= 0.6 is 0 Å². The summed E-state index contributed by atoms with van der Waals surface area (Å²) in [4.78, 5) is 22.0. The van der Waals surface area contributed by atoms with E-state index in [1.807, 2.05) is 19.1 Å². The van der Waals surface area contributed by atoms with Crippen molar-refractivity contribution in [1.82, 2.24) is 0 Å². The zero-order chi connectivity index (χ0) is 16.8. The predicted molar refractivity (Wildman–Crippen MR) is 84.9 cm³/mol. The lowest BCUT2D eigenvalue weighted by Gasteiger charge is -2.08. The molecule has 0 heterocycles. The van der Waals surface area contributed by atoms with E-state index < -0.39 is 10.9 Å². The molecule has 0 amide bonds. The molecule has 0 aliphatic heterocycles. The van der Waals surface area contributed by atoms with Crippen LogP contribution in [0.5, 0.6) is 5.75 Å². The first-order chi connectivity index (χ1) is 11.0. The maximum Gasteiger partial charge on any atom is 0.373 e. The summed E-state index contributed by atoms with van der Waals surface area (Å²) in [6.07, 6.45) is 1.47. The molecule has 0 atom stereocenters. The standard InChI is InChI=1S/C17H15NO5/c1-12-3-9-15(10-4-12)23-16(17(19)22-2)11-13-5-7-14(8-6-13)18(20)21/h3-11H,1-2H3/b16-11-. The Morgan fingerprint density at radius 3 is 2.22 bits per heavy atom. The molecule has 0 fully saturated rings. The number of nitro groups is 1. The van der Waals surface area contributed by atoms with Crippen molar-refractivity contribution >= 4 is 17.7 Å². The fourth-order valence-corrected chi connectivity index (χ4v) is 1.81. The highest BCUT2D eigenvalue weighted by Gasteiger charge is 2.13. The largest absolute Gasteiger partial charge is 0.463 e. The number of hydrogen-bond acceptors (Lipinski definition) is 5. The number of benzene rings is 2. The molecule has 0 saturated carbocycles. The van der Waals surface area contributed by atoms with Crippen molar-refractivity contribution in [2.24, 2.45) is 0 Å². The summed E-state index contributed by atoms with van der Waals surface area (Å²) in [6, 6.07) is 13.0. The number of rotatable bonds is 5. The maximum atomic E-state index is 11.8. The van der Waals surface area contributed by atoms with Gasteiger partial charge in [0.2, 0.25) is 5.76 Å². The first-order valence-electron chi connectivity index (χ1n) is 6.78. The van der Waals surface area contributed by atoms with Gasteiger partial charge in [0.15, 0.2) is 0 Å². The van der Waals surface area contributed by atoms with E-state index >= 15 is 0 Å². The van der Waals surface area contributed by atoms with Crippen molar-refractivity contribution in [2.45, 2.75) is 6.92 Å². The fraction of sp³-hybridized carbons (Fsp3) is 0.118. The van der Waals surface area contributed by atoms with Crippen molar-refractivity contribution in [3.05, 3.63) is 75.5 Å². The number of hydrogen-bond donors (Lipinski definition) is 0. The van der Waals surface area contributed by atoms with Crippen molar-refractivity contribution in [3.8, 4) is 5.75 Å². The van der Waals surface area contributed by atoms with Gasteiger partial charge in [-0.15, -0.1) is 0 Å². The second-order valence-corrected chi connectivity index (χ2v) is 4.76. The van der Waals surface area contributed by atoms with Gasteiger partial charge >= 0.3 is 5.97 Å². The smallest absolute Gasteiger partial charge is 0.373 e. The van der Waals surface area contributed by atoms with Crippen LogP contribution in [0, 0.1) is 17.0 Å². The number of nitro benzene ring substituents is 1. The third-order valence-electron chi connectivity index (χ3n) is 3.04. The van der Waals surface area contributed by atoms with E-state index in [0.717, 1.165) is 5.56 Å². The van der Waals surface area contributed by atoms with Crippen molar-refractivity contribution in [1.29, 1.82) is 0 Å². The Labute approximate surface area is 133 Å². The topological polar surface area (TPSA) is 78.7 Å². The van der Waals surface area contributed by atoms with Crippen LogP contribution in [0.4, 0.5) is 5.69 Å². The quantitative estimate of drug-likeness (QED) is 0.277. The van der Waals surface area contributed by atoms with Gasteiger partial charge < -0.3 is 9.47 Å². The lowest BCUT2D eigenvalue weighted by Crippen LogP contribution is -2.10. The molecular formula is C17H15NO5. The summed E-state index contributed by atoms with van der Waals surface area (Å²) >= 11 is 0. The molecule has 6 heteroatoms. The van der Waals surface area contributed by atoms with Gasteiger partial charge in [0, 0.05) is 12.1 Å². The summed E-state index contributed by atoms with van der Waals surface area (Å²) < 4.78 is 10.3. The maximum absolute atomic E-state index is 11.8. The first-order valence-corrected chi connectivity index (χ1v) is 6.78. The molecule has 23 heavy (non-hydrogen) atoms. The first kappa shape index (κ1) is 16.2. The minimum atomic E-state index is -0.635. The van der Waals surface area contributed by atoms with Gasteiger partial charge in [0.05, 0.1) is 12.0 Å². The summed E-state index contributed by atoms with van der Waals surface area (Å²) in [6.45, 7) is 1.94. The molecule has 0 aromatic heterocycles. The Morgan fingerprint density at radius 2 is 1.70 bits per heavy atom. The number of ether oxygens (including phenoxy) is 2. The molecule has 0 spiro atoms. The van der Waals surface area contributed by atoms with Crippen LogP contribution in [0.3, 0.4) is 0 Å². The number of aryl methyl sites for hydroxylation is 1. The molecule has 6 nitrogen and oxygen atoms in total. The van der Waals surface area contributed by atoms with Crippen molar-refractivity contribution in [3.63, 3.8) is 0 Å². The van der Waals surface area contributed by atoms with Crippen molar-refractivity contribution in [2.75, 3.05) is 7.11 Å². The molecular weight excluding hydrogens is 298 g/mol. The molecule has 0 saturated heterocycles. The second-order valence-electron chi connectivity index (χ2n) is 4.76. The number of carbonyl (C=O) groups excluding carboxylic acids is 1. The van der Waals surface area contributed by atoms with Crippen LogP contribution in [-0.2, 0) is 9.53 Å². The monoisotopic (exact) mass is 313 g/mol. The van der Waals surface area contributed by atoms with Gasteiger partial charge in [-0.1, -0.05) is 17.7 Å². The van der Waals surface area contributed by atoms with Crippen LogP contribution in [0.2, 0.25) is 0 Å². The fourth-order valence-electron chi connectivity index (χ4n) is 1.81. The molecule has 0 bridgehead atoms. The zero-order valence-electron chi connectivity index (χ0n) is 12.7. The third kappa shape index (κ3) is 4.41. The van der Waals surface area contributed by atoms with E-state index in [1.54, 1.807) is 12.1 Å². The molecule has 2 aromatic rings. The Balaban J connectivity index is 2.28. The van der Waals surface area contributed by atoms with E-state index in [1.165, 1.54) is 37.5 Å². The third-order valence-corrected chi connectivity index (χ3v) is 3.04. The molecule has 0 aliphatic carbocycles. The predicted octanol–water partition coefficient (Wildman–Crippen LogP) is 3.50. The minimum absolute atomic E-state index is 0.00907. The highest BCUT2D eigenvalue weighted by Crippen LogP contribution is 2.19. The van der Waals surface area contributed by atoms with Crippen LogP contribution in [0.1, 0.15) is 11.1 Å². The highest BCUT2D eigenvalue weighted by molar-refractivity contribution is 5.91. The molecule has 2 rings (SSSR count). The SMILES string of the molecule is COC(=O)/C(=C/c1ccc([N+](=O)[O-])cc1)Oc1ccc(C)cc1. The molecule has 118 valence electrons. The van der Waals surface area contributed by atoms with Gasteiger partial charge in [0.25, 0.3) is 5.69 Å². The van der Waals surface area contributed by atoms with Gasteiger partial charge in [-0.3, -0.25) is 10.1 Å². The summed E-state index contributed by atoms with van der Waals surface area (Å²) in [7, 11) is 1.25. The van der Waals surface area contributed by atoms with E-state index in [9.17, 15) is 14.9 Å². The van der Waals surface area contributed by atoms with E-state index in [4.69, 9.17) is 9.47 Å².